The average Bonchev–Trinajstić information content (AvgIpc) is 2.87. The minimum absolute atomic E-state index is 0.0625. The minimum Gasteiger partial charge on any atom is -0.362 e. The number of hydrogen-bond acceptors (Lipinski definition) is 2. The third-order valence-corrected chi connectivity index (χ3v) is 5.95. The molecule has 0 spiro atoms. The maximum absolute atomic E-state index is 13.5. The summed E-state index contributed by atoms with van der Waals surface area (Å²) in [6.45, 7) is 6.70. The molecule has 2 aromatic carbocycles. The monoisotopic (exact) mass is 338 g/mol. The van der Waals surface area contributed by atoms with Gasteiger partial charge in [-0.3, -0.25) is 0 Å². The first kappa shape index (κ1) is 16.6. The molecule has 132 valence electrons. The van der Waals surface area contributed by atoms with Gasteiger partial charge in [0.15, 0.2) is 0 Å². The molecule has 2 fully saturated rings. The molecule has 2 aromatic rings. The Morgan fingerprint density at radius 1 is 1.20 bits per heavy atom. The van der Waals surface area contributed by atoms with E-state index in [2.05, 4.69) is 48.3 Å². The normalized spacial score (nSPS) is 28.8. The quantitative estimate of drug-likeness (QED) is 0.896. The zero-order chi connectivity index (χ0) is 17.4. The van der Waals surface area contributed by atoms with E-state index in [9.17, 15) is 4.39 Å². The number of aryl methyl sites for hydroxylation is 1. The van der Waals surface area contributed by atoms with E-state index in [-0.39, 0.29) is 11.4 Å². The van der Waals surface area contributed by atoms with Gasteiger partial charge in [-0.05, 0) is 75.4 Å². The lowest BCUT2D eigenvalue weighted by atomic mass is 9.85. The summed E-state index contributed by atoms with van der Waals surface area (Å²) >= 11 is 0. The van der Waals surface area contributed by atoms with Gasteiger partial charge in [-0.15, -0.1) is 0 Å². The molecule has 3 atom stereocenters. The van der Waals surface area contributed by atoms with Crippen molar-refractivity contribution in [2.75, 3.05) is 18.0 Å². The minimum atomic E-state index is -0.162. The summed E-state index contributed by atoms with van der Waals surface area (Å²) < 4.78 is 13.5. The van der Waals surface area contributed by atoms with Gasteiger partial charge in [-0.25, -0.2) is 4.39 Å². The molecule has 0 aromatic heterocycles. The Balaban J connectivity index is 1.71. The number of halogens is 1. The highest BCUT2D eigenvalue weighted by molar-refractivity contribution is 5.53. The van der Waals surface area contributed by atoms with Crippen LogP contribution in [0.1, 0.15) is 30.9 Å². The molecule has 0 saturated carbocycles. The van der Waals surface area contributed by atoms with Gasteiger partial charge in [-0.2, -0.15) is 0 Å². The summed E-state index contributed by atoms with van der Waals surface area (Å²) in [4.78, 5) is 2.60. The van der Waals surface area contributed by atoms with Crippen molar-refractivity contribution in [2.24, 2.45) is 5.92 Å². The lowest BCUT2D eigenvalue weighted by Crippen LogP contribution is -2.50. The molecular weight excluding hydrogens is 311 g/mol. The van der Waals surface area contributed by atoms with Crippen LogP contribution < -0.4 is 10.2 Å². The Hall–Kier alpha value is -1.87. The van der Waals surface area contributed by atoms with Crippen molar-refractivity contribution in [3.8, 4) is 0 Å². The number of nitrogens with one attached hydrogen (secondary N) is 1. The lowest BCUT2D eigenvalue weighted by Gasteiger charge is -2.42. The molecule has 0 amide bonds. The second kappa shape index (κ2) is 6.45. The van der Waals surface area contributed by atoms with Gasteiger partial charge >= 0.3 is 0 Å². The molecule has 0 bridgehead atoms. The molecule has 4 rings (SSSR count). The SMILES string of the molecule is Cc1cccc(C[C@]2(C)C[C@@H]3CNCC[C@@H]3N2c2ccc(F)cc2)c1. The van der Waals surface area contributed by atoms with Crippen molar-refractivity contribution in [1.82, 2.24) is 5.32 Å². The fraction of sp³-hybridized carbons (Fsp3) is 0.455. The maximum atomic E-state index is 13.5. The maximum Gasteiger partial charge on any atom is 0.123 e. The lowest BCUT2D eigenvalue weighted by molar-refractivity contribution is 0.358. The summed E-state index contributed by atoms with van der Waals surface area (Å²) in [6.07, 6.45) is 3.36. The van der Waals surface area contributed by atoms with Crippen molar-refractivity contribution >= 4 is 5.69 Å². The first-order valence-corrected chi connectivity index (χ1v) is 9.36. The molecule has 2 heterocycles. The highest BCUT2D eigenvalue weighted by atomic mass is 19.1. The number of fused-ring (bicyclic) bond motifs is 1. The van der Waals surface area contributed by atoms with E-state index in [0.29, 0.717) is 12.0 Å². The smallest absolute Gasteiger partial charge is 0.123 e. The summed E-state index contributed by atoms with van der Waals surface area (Å²) in [7, 11) is 0. The van der Waals surface area contributed by atoms with Gasteiger partial charge in [0.1, 0.15) is 5.82 Å². The molecule has 2 nitrogen and oxygen atoms in total. The molecule has 2 aliphatic rings. The summed E-state index contributed by atoms with van der Waals surface area (Å²) in [5.74, 6) is 0.499. The second-order valence-electron chi connectivity index (χ2n) is 8.03. The first-order chi connectivity index (χ1) is 12.0. The molecule has 1 N–H and O–H groups in total. The fourth-order valence-corrected chi connectivity index (χ4v) is 5.04. The van der Waals surface area contributed by atoms with Gasteiger partial charge in [0.05, 0.1) is 0 Å². The Labute approximate surface area is 150 Å². The zero-order valence-corrected chi connectivity index (χ0v) is 15.1. The molecule has 2 saturated heterocycles. The van der Waals surface area contributed by atoms with Crippen LogP contribution in [-0.2, 0) is 6.42 Å². The third-order valence-electron chi connectivity index (χ3n) is 5.95. The largest absolute Gasteiger partial charge is 0.362 e. The van der Waals surface area contributed by atoms with Crippen molar-refractivity contribution in [2.45, 2.75) is 44.7 Å². The highest BCUT2D eigenvalue weighted by Gasteiger charge is 2.49. The average molecular weight is 338 g/mol. The van der Waals surface area contributed by atoms with E-state index in [1.54, 1.807) is 12.1 Å². The van der Waals surface area contributed by atoms with Crippen LogP contribution in [0.25, 0.3) is 0 Å². The van der Waals surface area contributed by atoms with Crippen LogP contribution in [0.4, 0.5) is 10.1 Å². The summed E-state index contributed by atoms with van der Waals surface area (Å²) in [5, 5.41) is 3.56. The van der Waals surface area contributed by atoms with Crippen LogP contribution >= 0.6 is 0 Å². The number of rotatable bonds is 3. The topological polar surface area (TPSA) is 15.3 Å². The van der Waals surface area contributed by atoms with Crippen molar-refractivity contribution in [1.29, 1.82) is 0 Å². The Kier molecular flexibility index (Phi) is 4.28. The predicted octanol–water partition coefficient (Wildman–Crippen LogP) is 4.32. The van der Waals surface area contributed by atoms with Crippen LogP contribution in [0, 0.1) is 18.7 Å². The molecule has 25 heavy (non-hydrogen) atoms. The highest BCUT2D eigenvalue weighted by Crippen LogP contribution is 2.45. The van der Waals surface area contributed by atoms with E-state index < -0.39 is 0 Å². The summed E-state index contributed by atoms with van der Waals surface area (Å²) in [6, 6.07) is 16.5. The van der Waals surface area contributed by atoms with E-state index in [0.717, 1.165) is 31.6 Å². The van der Waals surface area contributed by atoms with Gasteiger partial charge in [0.25, 0.3) is 0 Å². The number of anilines is 1. The van der Waals surface area contributed by atoms with Gasteiger partial charge in [0, 0.05) is 23.8 Å². The Morgan fingerprint density at radius 3 is 2.76 bits per heavy atom. The standard InChI is InChI=1S/C22H27FN2/c1-16-4-3-5-17(12-16)13-22(2)14-18-15-24-11-10-21(18)25(22)20-8-6-19(23)7-9-20/h3-9,12,18,21,24H,10-11,13-15H2,1-2H3/t18-,21+,22-/m1/s1. The van der Waals surface area contributed by atoms with Crippen LogP contribution in [0.15, 0.2) is 48.5 Å². The van der Waals surface area contributed by atoms with E-state index in [4.69, 9.17) is 0 Å². The van der Waals surface area contributed by atoms with Crippen LogP contribution in [0.3, 0.4) is 0 Å². The van der Waals surface area contributed by atoms with E-state index in [1.807, 2.05) is 12.1 Å². The van der Waals surface area contributed by atoms with Crippen LogP contribution in [-0.4, -0.2) is 24.7 Å². The fourth-order valence-electron chi connectivity index (χ4n) is 5.04. The number of hydrogen-bond donors (Lipinski definition) is 1. The number of piperidine rings is 1. The molecule has 3 heteroatoms. The summed E-state index contributed by atoms with van der Waals surface area (Å²) in [5.41, 5.74) is 3.92. The molecule has 0 radical (unpaired) electrons. The molecule has 0 aliphatic carbocycles. The molecule has 2 aliphatic heterocycles. The van der Waals surface area contributed by atoms with Crippen molar-refractivity contribution in [3.63, 3.8) is 0 Å². The molecular formula is C22H27FN2. The first-order valence-electron chi connectivity index (χ1n) is 9.36. The van der Waals surface area contributed by atoms with Gasteiger partial charge < -0.3 is 10.2 Å². The molecule has 0 unspecified atom stereocenters. The Morgan fingerprint density at radius 2 is 2.00 bits per heavy atom. The van der Waals surface area contributed by atoms with E-state index >= 15 is 0 Å². The van der Waals surface area contributed by atoms with Gasteiger partial charge in [0.2, 0.25) is 0 Å². The number of nitrogens with zero attached hydrogens (tertiary/aromatic N) is 1. The second-order valence-corrected chi connectivity index (χ2v) is 8.03. The number of benzene rings is 2. The van der Waals surface area contributed by atoms with Crippen molar-refractivity contribution in [3.05, 3.63) is 65.5 Å². The zero-order valence-electron chi connectivity index (χ0n) is 15.1. The van der Waals surface area contributed by atoms with Crippen molar-refractivity contribution < 1.29 is 4.39 Å². The predicted molar refractivity (Wildman–Crippen MR) is 102 cm³/mol. The Bertz CT molecular complexity index is 742. The third kappa shape index (κ3) is 3.18. The van der Waals surface area contributed by atoms with Crippen LogP contribution in [0.2, 0.25) is 0 Å². The van der Waals surface area contributed by atoms with E-state index in [1.165, 1.54) is 17.5 Å². The van der Waals surface area contributed by atoms with Crippen LogP contribution in [0.5, 0.6) is 0 Å². The van der Waals surface area contributed by atoms with Gasteiger partial charge in [-0.1, -0.05) is 29.8 Å².